The van der Waals surface area contributed by atoms with Crippen LogP contribution in [0.5, 0.6) is 11.5 Å². The molecule has 0 spiro atoms. The highest BCUT2D eigenvalue weighted by Gasteiger charge is 2.18. The van der Waals surface area contributed by atoms with Crippen LogP contribution in [0.15, 0.2) is 48.8 Å². The Labute approximate surface area is 253 Å². The normalized spacial score (nSPS) is 12.4. The topological polar surface area (TPSA) is 193 Å². The number of pyridine rings is 1. The fourth-order valence-electron chi connectivity index (χ4n) is 4.02. The van der Waals surface area contributed by atoms with E-state index in [1.165, 1.54) is 10.8 Å². The van der Waals surface area contributed by atoms with Crippen LogP contribution in [0.4, 0.5) is 20.2 Å². The number of carbonyl (C=O) groups excluding carboxylic acids is 4. The average Bonchev–Trinajstić information content (AvgIpc) is 3.65. The number of hydrogen-bond donors (Lipinski definition) is 5. The lowest BCUT2D eigenvalue weighted by Crippen LogP contribution is -2.40. The summed E-state index contributed by atoms with van der Waals surface area (Å²) >= 11 is 0. The Bertz CT molecular complexity index is 1490. The lowest BCUT2D eigenvalue weighted by Gasteiger charge is -2.19. The Morgan fingerprint density at radius 2 is 1.66 bits per heavy atom. The number of fused-ring (bicyclic) bond motifs is 1. The molecule has 0 atom stereocenters. The second kappa shape index (κ2) is 15.2. The van der Waals surface area contributed by atoms with E-state index in [9.17, 15) is 24.0 Å². The lowest BCUT2D eigenvalue weighted by molar-refractivity contribution is -0.136. The smallest absolute Gasteiger partial charge is 0.408 e. The van der Waals surface area contributed by atoms with Crippen LogP contribution in [-0.2, 0) is 14.3 Å². The van der Waals surface area contributed by atoms with Gasteiger partial charge < -0.3 is 35.4 Å². The molecule has 1 fully saturated rings. The van der Waals surface area contributed by atoms with Gasteiger partial charge >= 0.3 is 24.1 Å². The van der Waals surface area contributed by atoms with Crippen molar-refractivity contribution >= 4 is 46.8 Å². The zero-order valence-electron chi connectivity index (χ0n) is 25.0. The number of nitrogens with zero attached hydrogens (tertiary/aromatic N) is 3. The Kier molecular flexibility index (Phi) is 11.5. The molecule has 236 valence electrons. The van der Waals surface area contributed by atoms with Gasteiger partial charge in [-0.15, -0.1) is 0 Å². The van der Waals surface area contributed by atoms with Crippen molar-refractivity contribution in [3.8, 4) is 11.5 Å². The van der Waals surface area contributed by atoms with E-state index in [0.29, 0.717) is 17.3 Å². The van der Waals surface area contributed by atoms with Crippen molar-refractivity contribution in [3.63, 3.8) is 0 Å². The quantitative estimate of drug-likeness (QED) is 0.266. The van der Waals surface area contributed by atoms with Gasteiger partial charge in [0.15, 0.2) is 0 Å². The SMILES string of the molecule is CC(C)(C)OC(=O)NCC(=O)O.CNC(=O)n1ccc2cc(Oc3ccnc(NC(=O)NCC(=O)N4CCCC4)c3)ccc21. The van der Waals surface area contributed by atoms with Crippen LogP contribution in [0.25, 0.3) is 10.9 Å². The molecule has 0 unspecified atom stereocenters. The fraction of sp³-hybridized carbons (Fsp3) is 0.379. The fourth-order valence-corrected chi connectivity index (χ4v) is 4.02. The number of benzene rings is 1. The number of hydrogen-bond acceptors (Lipinski definition) is 8. The maximum Gasteiger partial charge on any atom is 0.408 e. The van der Waals surface area contributed by atoms with Gasteiger partial charge in [0, 0.05) is 44.0 Å². The van der Waals surface area contributed by atoms with Crippen LogP contribution in [0.3, 0.4) is 0 Å². The summed E-state index contributed by atoms with van der Waals surface area (Å²) in [5, 5.41) is 18.9. The highest BCUT2D eigenvalue weighted by atomic mass is 16.6. The molecule has 1 aromatic carbocycles. The van der Waals surface area contributed by atoms with E-state index in [1.807, 2.05) is 12.1 Å². The molecule has 0 radical (unpaired) electrons. The monoisotopic (exact) mass is 611 g/mol. The molecule has 5 N–H and O–H groups in total. The minimum absolute atomic E-state index is 0.0578. The van der Waals surface area contributed by atoms with Gasteiger partial charge in [0.25, 0.3) is 0 Å². The number of alkyl carbamates (subject to hydrolysis) is 1. The third-order valence-corrected chi connectivity index (χ3v) is 5.94. The van der Waals surface area contributed by atoms with Gasteiger partial charge in [-0.05, 0) is 63.9 Å². The highest BCUT2D eigenvalue weighted by Crippen LogP contribution is 2.27. The number of likely N-dealkylation sites (tertiary alicyclic amines) is 1. The second-order valence-electron chi connectivity index (χ2n) is 10.6. The van der Waals surface area contributed by atoms with Crippen LogP contribution >= 0.6 is 0 Å². The number of carboxylic acid groups (broad SMARTS) is 1. The summed E-state index contributed by atoms with van der Waals surface area (Å²) in [5.41, 5.74) is 0.164. The minimum atomic E-state index is -1.10. The van der Waals surface area contributed by atoms with Gasteiger partial charge in [-0.3, -0.25) is 19.5 Å². The van der Waals surface area contributed by atoms with Crippen LogP contribution in [0.1, 0.15) is 33.6 Å². The van der Waals surface area contributed by atoms with Crippen molar-refractivity contribution in [1.82, 2.24) is 30.4 Å². The number of ether oxygens (including phenoxy) is 2. The number of urea groups is 1. The molecule has 1 aliphatic heterocycles. The molecule has 0 saturated carbocycles. The maximum absolute atomic E-state index is 12.1. The van der Waals surface area contributed by atoms with Gasteiger partial charge in [0.2, 0.25) is 5.91 Å². The predicted octanol–water partition coefficient (Wildman–Crippen LogP) is 3.36. The minimum Gasteiger partial charge on any atom is -0.480 e. The first kappa shape index (κ1) is 33.2. The molecule has 1 aliphatic rings. The Morgan fingerprint density at radius 3 is 2.32 bits per heavy atom. The molecule has 0 aliphatic carbocycles. The van der Waals surface area contributed by atoms with Crippen molar-refractivity contribution < 1.29 is 38.6 Å². The Hall–Kier alpha value is -5.34. The summed E-state index contributed by atoms with van der Waals surface area (Å²) in [6.45, 7) is 6.11. The Morgan fingerprint density at radius 1 is 0.955 bits per heavy atom. The molecule has 15 heteroatoms. The third-order valence-electron chi connectivity index (χ3n) is 5.94. The van der Waals surface area contributed by atoms with E-state index in [4.69, 9.17) is 14.6 Å². The number of carbonyl (C=O) groups is 5. The van der Waals surface area contributed by atoms with Crippen molar-refractivity contribution in [2.24, 2.45) is 0 Å². The van der Waals surface area contributed by atoms with Gasteiger partial charge in [-0.2, -0.15) is 0 Å². The highest BCUT2D eigenvalue weighted by molar-refractivity contribution is 5.93. The summed E-state index contributed by atoms with van der Waals surface area (Å²) in [5.74, 6) is 0.156. The van der Waals surface area contributed by atoms with Crippen LogP contribution in [-0.4, -0.2) is 88.4 Å². The first-order valence-electron chi connectivity index (χ1n) is 13.8. The van der Waals surface area contributed by atoms with Gasteiger partial charge in [0.1, 0.15) is 29.5 Å². The van der Waals surface area contributed by atoms with Gasteiger partial charge in [-0.1, -0.05) is 0 Å². The van der Waals surface area contributed by atoms with Gasteiger partial charge in [0.05, 0.1) is 12.1 Å². The van der Waals surface area contributed by atoms with E-state index in [2.05, 4.69) is 26.3 Å². The number of nitrogens with one attached hydrogen (secondary N) is 4. The number of amides is 5. The van der Waals surface area contributed by atoms with E-state index in [0.717, 1.165) is 36.8 Å². The molecule has 5 amide bonds. The molecule has 4 rings (SSSR count). The third kappa shape index (κ3) is 10.5. The molecule has 3 heterocycles. The molecular formula is C29H37N7O8. The lowest BCUT2D eigenvalue weighted by atomic mass is 10.2. The number of anilines is 1. The molecule has 15 nitrogen and oxygen atoms in total. The zero-order valence-corrected chi connectivity index (χ0v) is 25.0. The zero-order chi connectivity index (χ0) is 32.3. The van der Waals surface area contributed by atoms with E-state index in [-0.39, 0.29) is 18.5 Å². The molecule has 1 saturated heterocycles. The summed E-state index contributed by atoms with van der Waals surface area (Å²) in [7, 11) is 1.58. The van der Waals surface area contributed by atoms with E-state index in [1.54, 1.807) is 63.2 Å². The molecule has 0 bridgehead atoms. The van der Waals surface area contributed by atoms with Crippen molar-refractivity contribution in [2.75, 3.05) is 38.5 Å². The largest absolute Gasteiger partial charge is 0.480 e. The standard InChI is InChI=1S/C22H24N6O4.C7H13NO4/c1-23-22(31)28-11-7-15-12-16(4-5-18(15)28)32-17-6-8-24-19(13-17)26-21(30)25-14-20(29)27-9-2-3-10-27;1-7(2,3)12-6(11)8-4-5(9)10/h4-8,11-13H,2-3,9-10,14H2,1H3,(H,23,31)(H2,24,25,26,30);4H2,1-3H3,(H,8,11)(H,9,10). The summed E-state index contributed by atoms with van der Waals surface area (Å²) in [4.78, 5) is 62.7. The molecule has 44 heavy (non-hydrogen) atoms. The summed E-state index contributed by atoms with van der Waals surface area (Å²) in [6, 6.07) is 9.71. The predicted molar refractivity (Wildman–Crippen MR) is 161 cm³/mol. The number of aliphatic carboxylic acids is 1. The first-order valence-corrected chi connectivity index (χ1v) is 13.8. The molecular weight excluding hydrogens is 574 g/mol. The number of aromatic nitrogens is 2. The van der Waals surface area contributed by atoms with Crippen molar-refractivity contribution in [2.45, 2.75) is 39.2 Å². The van der Waals surface area contributed by atoms with Crippen LogP contribution in [0.2, 0.25) is 0 Å². The maximum atomic E-state index is 12.1. The number of rotatable bonds is 7. The van der Waals surface area contributed by atoms with Crippen LogP contribution in [0, 0.1) is 0 Å². The van der Waals surface area contributed by atoms with Gasteiger partial charge in [-0.25, -0.2) is 19.4 Å². The summed E-state index contributed by atoms with van der Waals surface area (Å²) < 4.78 is 12.2. The van der Waals surface area contributed by atoms with Crippen LogP contribution < -0.4 is 26.0 Å². The van der Waals surface area contributed by atoms with Crippen molar-refractivity contribution in [1.29, 1.82) is 0 Å². The Balaban J connectivity index is 0.000000375. The second-order valence-corrected chi connectivity index (χ2v) is 10.6. The average molecular weight is 612 g/mol. The first-order chi connectivity index (χ1) is 20.8. The van der Waals surface area contributed by atoms with Crippen molar-refractivity contribution in [3.05, 3.63) is 48.8 Å². The molecule has 2 aromatic heterocycles. The van der Waals surface area contributed by atoms with E-state index >= 15 is 0 Å². The number of carboxylic acids is 1. The van der Waals surface area contributed by atoms with E-state index < -0.39 is 30.2 Å². The summed E-state index contributed by atoms with van der Waals surface area (Å²) in [6.07, 6.45) is 4.49. The molecule has 3 aromatic rings.